The van der Waals surface area contributed by atoms with Crippen LogP contribution in [0.3, 0.4) is 0 Å². The maximum Gasteiger partial charge on any atom is 0.123 e. The maximum absolute atomic E-state index is 4.37. The molecule has 1 N–H and O–H groups in total. The minimum absolute atomic E-state index is 0.321. The maximum atomic E-state index is 4.37. The van der Waals surface area contributed by atoms with Crippen LogP contribution in [0.4, 0.5) is 5.69 Å². The molecule has 2 aromatic heterocycles. The molecule has 0 spiro atoms. The number of anilines is 1. The first kappa shape index (κ1) is 14.3. The Morgan fingerprint density at radius 1 is 1.24 bits per heavy atom. The fourth-order valence-electron chi connectivity index (χ4n) is 2.25. The van der Waals surface area contributed by atoms with Crippen molar-refractivity contribution in [3.63, 3.8) is 0 Å². The molecule has 108 valence electrons. The third kappa shape index (κ3) is 3.34. The molecule has 0 aliphatic rings. The van der Waals surface area contributed by atoms with Crippen molar-refractivity contribution in [1.29, 1.82) is 0 Å². The molecule has 0 saturated carbocycles. The Labute approximate surface area is 133 Å². The first-order chi connectivity index (χ1) is 10.3. The van der Waals surface area contributed by atoms with Gasteiger partial charge in [0.2, 0.25) is 0 Å². The van der Waals surface area contributed by atoms with Crippen LogP contribution in [0.25, 0.3) is 10.6 Å². The second kappa shape index (κ2) is 6.41. The Hall–Kier alpha value is -1.65. The first-order valence-corrected chi connectivity index (χ1v) is 8.81. The zero-order valence-electron chi connectivity index (χ0n) is 12.2. The average Bonchev–Trinajstić information content (AvgIpc) is 3.19. The highest BCUT2D eigenvalue weighted by Gasteiger charge is 2.09. The second-order valence-corrected chi connectivity index (χ2v) is 7.04. The van der Waals surface area contributed by atoms with E-state index < -0.39 is 0 Å². The smallest absolute Gasteiger partial charge is 0.123 e. The standard InChI is InChI=1S/C17H18N2S2/c1-3-15-7-8-16(21-15)12(2)19-14-6-4-5-13(11-14)17-18-9-10-20-17/h4-12,19H,3H2,1-2H3. The van der Waals surface area contributed by atoms with Crippen molar-refractivity contribution in [3.05, 3.63) is 57.7 Å². The van der Waals surface area contributed by atoms with Crippen molar-refractivity contribution in [3.8, 4) is 10.6 Å². The Bertz CT molecular complexity index is 701. The summed E-state index contributed by atoms with van der Waals surface area (Å²) < 4.78 is 0. The van der Waals surface area contributed by atoms with Gasteiger partial charge in [0.05, 0.1) is 6.04 Å². The van der Waals surface area contributed by atoms with Gasteiger partial charge >= 0.3 is 0 Å². The van der Waals surface area contributed by atoms with E-state index in [-0.39, 0.29) is 0 Å². The summed E-state index contributed by atoms with van der Waals surface area (Å²) in [5.41, 5.74) is 2.31. The van der Waals surface area contributed by atoms with Gasteiger partial charge in [0.25, 0.3) is 0 Å². The number of thiophene rings is 1. The van der Waals surface area contributed by atoms with Crippen LogP contribution in [0.2, 0.25) is 0 Å². The number of aryl methyl sites for hydroxylation is 1. The molecule has 0 saturated heterocycles. The Morgan fingerprint density at radius 3 is 2.86 bits per heavy atom. The van der Waals surface area contributed by atoms with E-state index >= 15 is 0 Å². The molecule has 3 aromatic rings. The van der Waals surface area contributed by atoms with Crippen LogP contribution in [0.5, 0.6) is 0 Å². The molecule has 0 radical (unpaired) electrons. The third-order valence-electron chi connectivity index (χ3n) is 3.38. The number of benzene rings is 1. The summed E-state index contributed by atoms with van der Waals surface area (Å²) in [4.78, 5) is 7.19. The van der Waals surface area contributed by atoms with Gasteiger partial charge in [-0.25, -0.2) is 4.98 Å². The van der Waals surface area contributed by atoms with Gasteiger partial charge in [-0.1, -0.05) is 19.1 Å². The van der Waals surface area contributed by atoms with E-state index in [1.54, 1.807) is 11.3 Å². The largest absolute Gasteiger partial charge is 0.378 e. The molecule has 1 atom stereocenters. The van der Waals surface area contributed by atoms with Crippen LogP contribution in [0, 0.1) is 0 Å². The molecule has 0 fully saturated rings. The Morgan fingerprint density at radius 2 is 2.14 bits per heavy atom. The summed E-state index contributed by atoms with van der Waals surface area (Å²) in [6.07, 6.45) is 2.96. The number of nitrogens with zero attached hydrogens (tertiary/aromatic N) is 1. The van der Waals surface area contributed by atoms with Crippen molar-refractivity contribution >= 4 is 28.4 Å². The zero-order valence-corrected chi connectivity index (χ0v) is 13.8. The highest BCUT2D eigenvalue weighted by atomic mass is 32.1. The van der Waals surface area contributed by atoms with Crippen LogP contribution in [-0.2, 0) is 6.42 Å². The minimum atomic E-state index is 0.321. The molecule has 1 unspecified atom stereocenters. The van der Waals surface area contributed by atoms with Gasteiger partial charge in [0, 0.05) is 32.6 Å². The molecule has 0 aliphatic heterocycles. The molecule has 0 amide bonds. The summed E-state index contributed by atoms with van der Waals surface area (Å²) in [5.74, 6) is 0. The van der Waals surface area contributed by atoms with Crippen LogP contribution >= 0.6 is 22.7 Å². The summed E-state index contributed by atoms with van der Waals surface area (Å²) >= 11 is 3.56. The SMILES string of the molecule is CCc1ccc(C(C)Nc2cccc(-c3nccs3)c2)s1. The Balaban J connectivity index is 1.77. The van der Waals surface area contributed by atoms with Crippen LogP contribution in [0.1, 0.15) is 29.6 Å². The fourth-order valence-corrected chi connectivity index (χ4v) is 3.84. The highest BCUT2D eigenvalue weighted by molar-refractivity contribution is 7.13. The predicted molar refractivity (Wildman–Crippen MR) is 93.3 cm³/mol. The van der Waals surface area contributed by atoms with E-state index in [2.05, 4.69) is 60.5 Å². The molecule has 1 aromatic carbocycles. The number of hydrogen-bond donors (Lipinski definition) is 1. The number of nitrogens with one attached hydrogen (secondary N) is 1. The predicted octanol–water partition coefficient (Wildman–Crippen LogP) is 5.61. The van der Waals surface area contributed by atoms with Gasteiger partial charge in [0.1, 0.15) is 5.01 Å². The number of aromatic nitrogens is 1. The Kier molecular flexibility index (Phi) is 4.36. The number of hydrogen-bond acceptors (Lipinski definition) is 4. The lowest BCUT2D eigenvalue weighted by atomic mass is 10.2. The van der Waals surface area contributed by atoms with Gasteiger partial charge in [0.15, 0.2) is 0 Å². The first-order valence-electron chi connectivity index (χ1n) is 7.11. The molecule has 0 aliphatic carbocycles. The normalized spacial score (nSPS) is 12.3. The monoisotopic (exact) mass is 314 g/mol. The molecular weight excluding hydrogens is 296 g/mol. The van der Waals surface area contributed by atoms with Crippen LogP contribution < -0.4 is 5.32 Å². The molecular formula is C17H18N2S2. The summed E-state index contributed by atoms with van der Waals surface area (Å²) in [7, 11) is 0. The minimum Gasteiger partial charge on any atom is -0.378 e. The lowest BCUT2D eigenvalue weighted by Crippen LogP contribution is -2.04. The second-order valence-electron chi connectivity index (χ2n) is 4.94. The molecule has 21 heavy (non-hydrogen) atoms. The fraction of sp³-hybridized carbons (Fsp3) is 0.235. The van der Waals surface area contributed by atoms with Gasteiger partial charge in [-0.15, -0.1) is 22.7 Å². The van der Waals surface area contributed by atoms with Gasteiger partial charge in [-0.05, 0) is 37.6 Å². The zero-order chi connectivity index (χ0) is 14.7. The summed E-state index contributed by atoms with van der Waals surface area (Å²) in [5, 5.41) is 6.66. The molecule has 2 nitrogen and oxygen atoms in total. The molecule has 2 heterocycles. The molecule has 4 heteroatoms. The third-order valence-corrected chi connectivity index (χ3v) is 5.62. The van der Waals surface area contributed by atoms with E-state index in [0.29, 0.717) is 6.04 Å². The lowest BCUT2D eigenvalue weighted by Gasteiger charge is -2.14. The quantitative estimate of drug-likeness (QED) is 0.662. The highest BCUT2D eigenvalue weighted by Crippen LogP contribution is 2.29. The lowest BCUT2D eigenvalue weighted by molar-refractivity contribution is 0.908. The number of rotatable bonds is 5. The summed E-state index contributed by atoms with van der Waals surface area (Å²) in [6.45, 7) is 4.41. The van der Waals surface area contributed by atoms with E-state index in [0.717, 1.165) is 17.1 Å². The topological polar surface area (TPSA) is 24.9 Å². The summed E-state index contributed by atoms with van der Waals surface area (Å²) in [6, 6.07) is 13.2. The van der Waals surface area contributed by atoms with E-state index in [1.807, 2.05) is 22.9 Å². The van der Waals surface area contributed by atoms with Gasteiger partial charge < -0.3 is 5.32 Å². The van der Waals surface area contributed by atoms with E-state index in [1.165, 1.54) is 15.3 Å². The van der Waals surface area contributed by atoms with Gasteiger partial charge in [-0.2, -0.15) is 0 Å². The van der Waals surface area contributed by atoms with Crippen LogP contribution in [0.15, 0.2) is 48.0 Å². The van der Waals surface area contributed by atoms with Crippen molar-refractivity contribution in [2.75, 3.05) is 5.32 Å². The number of thiazole rings is 1. The molecule has 0 bridgehead atoms. The van der Waals surface area contributed by atoms with Crippen molar-refractivity contribution in [1.82, 2.24) is 4.98 Å². The molecule has 3 rings (SSSR count). The average molecular weight is 314 g/mol. The van der Waals surface area contributed by atoms with Crippen molar-refractivity contribution < 1.29 is 0 Å². The van der Waals surface area contributed by atoms with Crippen molar-refractivity contribution in [2.45, 2.75) is 26.3 Å². The van der Waals surface area contributed by atoms with Crippen LogP contribution in [-0.4, -0.2) is 4.98 Å². The van der Waals surface area contributed by atoms with Gasteiger partial charge in [-0.3, -0.25) is 0 Å². The van der Waals surface area contributed by atoms with E-state index in [9.17, 15) is 0 Å². The van der Waals surface area contributed by atoms with Crippen molar-refractivity contribution in [2.24, 2.45) is 0 Å². The van der Waals surface area contributed by atoms with E-state index in [4.69, 9.17) is 0 Å².